The van der Waals surface area contributed by atoms with Crippen molar-refractivity contribution >= 4 is 27.6 Å². The smallest absolute Gasteiger partial charge is 0.339 e. The first-order valence-electron chi connectivity index (χ1n) is 6.29. The van der Waals surface area contributed by atoms with Crippen LogP contribution in [-0.4, -0.2) is 43.5 Å². The van der Waals surface area contributed by atoms with Gasteiger partial charge in [-0.3, -0.25) is 0 Å². The monoisotopic (exact) mass is 335 g/mol. The summed E-state index contributed by atoms with van der Waals surface area (Å²) in [6.07, 6.45) is 0. The predicted molar refractivity (Wildman–Crippen MR) is 79.7 cm³/mol. The number of aromatic carboxylic acids is 1. The lowest BCUT2D eigenvalue weighted by Gasteiger charge is -2.25. The number of nitrogens with zero attached hydrogens (tertiary/aromatic N) is 1. The largest absolute Gasteiger partial charge is 0.494 e. The first-order valence-corrected chi connectivity index (χ1v) is 8.11. The lowest BCUT2D eigenvalue weighted by Crippen LogP contribution is -2.37. The van der Waals surface area contributed by atoms with Crippen LogP contribution in [0.3, 0.4) is 0 Å². The first kappa shape index (κ1) is 17.7. The minimum absolute atomic E-state index is 0.0200. The third-order valence-electron chi connectivity index (χ3n) is 2.93. The first-order chi connectivity index (χ1) is 9.66. The molecule has 0 aromatic heterocycles. The third-order valence-corrected chi connectivity index (χ3v) is 5.30. The Hall–Kier alpha value is -1.31. The standard InChI is InChI=1S/C13H18ClNO5S/c1-5-15(8(2)3)21(18,19)11-7-9(14)6-10(13(16)17)12(11)20-4/h6-8H,5H2,1-4H3,(H,16,17). The number of hydrogen-bond acceptors (Lipinski definition) is 4. The fourth-order valence-electron chi connectivity index (χ4n) is 2.07. The summed E-state index contributed by atoms with van der Waals surface area (Å²) in [6.45, 7) is 5.41. The molecule has 1 aromatic rings. The van der Waals surface area contributed by atoms with Gasteiger partial charge in [-0.2, -0.15) is 4.31 Å². The van der Waals surface area contributed by atoms with Crippen LogP contribution in [0.1, 0.15) is 31.1 Å². The van der Waals surface area contributed by atoms with Gasteiger partial charge in [0.25, 0.3) is 0 Å². The Morgan fingerprint density at radius 3 is 2.38 bits per heavy atom. The number of carboxylic acids is 1. The van der Waals surface area contributed by atoms with Gasteiger partial charge in [0, 0.05) is 17.6 Å². The van der Waals surface area contributed by atoms with Crippen molar-refractivity contribution < 1.29 is 23.1 Å². The van der Waals surface area contributed by atoms with Crippen LogP contribution in [0, 0.1) is 0 Å². The number of carboxylic acid groups (broad SMARTS) is 1. The second-order valence-corrected chi connectivity index (χ2v) is 6.89. The molecule has 0 aliphatic heterocycles. The van der Waals surface area contributed by atoms with Crippen LogP contribution in [0.2, 0.25) is 5.02 Å². The number of carbonyl (C=O) groups is 1. The molecule has 6 nitrogen and oxygen atoms in total. The molecule has 0 aliphatic rings. The highest BCUT2D eigenvalue weighted by Gasteiger charge is 2.31. The molecular weight excluding hydrogens is 318 g/mol. The van der Waals surface area contributed by atoms with E-state index in [0.717, 1.165) is 6.07 Å². The second-order valence-electron chi connectivity index (χ2n) is 4.59. The molecule has 0 radical (unpaired) electrons. The van der Waals surface area contributed by atoms with E-state index in [-0.39, 0.29) is 33.8 Å². The lowest BCUT2D eigenvalue weighted by molar-refractivity contribution is 0.0693. The van der Waals surface area contributed by atoms with Gasteiger partial charge in [0.05, 0.1) is 7.11 Å². The second kappa shape index (κ2) is 6.64. The Bertz CT molecular complexity index is 642. The number of methoxy groups -OCH3 is 1. The molecule has 1 rings (SSSR count). The zero-order chi connectivity index (χ0) is 16.4. The van der Waals surface area contributed by atoms with Gasteiger partial charge < -0.3 is 9.84 Å². The van der Waals surface area contributed by atoms with Gasteiger partial charge in [0.2, 0.25) is 10.0 Å². The molecule has 0 fully saturated rings. The fraction of sp³-hybridized carbons (Fsp3) is 0.462. The Morgan fingerprint density at radius 1 is 1.43 bits per heavy atom. The summed E-state index contributed by atoms with van der Waals surface area (Å²) in [5, 5.41) is 9.19. The zero-order valence-corrected chi connectivity index (χ0v) is 13.8. The van der Waals surface area contributed by atoms with Crippen molar-refractivity contribution in [3.63, 3.8) is 0 Å². The summed E-state index contributed by atoms with van der Waals surface area (Å²) in [5.74, 6) is -1.52. The highest BCUT2D eigenvalue weighted by atomic mass is 35.5. The van der Waals surface area contributed by atoms with Crippen molar-refractivity contribution in [3.8, 4) is 5.75 Å². The van der Waals surface area contributed by atoms with Gasteiger partial charge in [0.1, 0.15) is 10.5 Å². The van der Waals surface area contributed by atoms with E-state index in [1.54, 1.807) is 20.8 Å². The third kappa shape index (κ3) is 3.48. The van der Waals surface area contributed by atoms with E-state index in [2.05, 4.69) is 0 Å². The van der Waals surface area contributed by atoms with Gasteiger partial charge in [-0.25, -0.2) is 13.2 Å². The van der Waals surface area contributed by atoms with Crippen LogP contribution in [0.15, 0.2) is 17.0 Å². The highest BCUT2D eigenvalue weighted by molar-refractivity contribution is 7.89. The van der Waals surface area contributed by atoms with Gasteiger partial charge in [0.15, 0.2) is 5.75 Å². The van der Waals surface area contributed by atoms with E-state index in [0.29, 0.717) is 0 Å². The average molecular weight is 336 g/mol. The Labute approximate surface area is 129 Å². The molecule has 0 atom stereocenters. The molecule has 0 bridgehead atoms. The molecule has 0 amide bonds. The molecule has 0 unspecified atom stereocenters. The van der Waals surface area contributed by atoms with Crippen LogP contribution >= 0.6 is 11.6 Å². The molecular formula is C13H18ClNO5S. The maximum absolute atomic E-state index is 12.7. The Morgan fingerprint density at radius 2 is 2.00 bits per heavy atom. The Kier molecular flexibility index (Phi) is 5.61. The van der Waals surface area contributed by atoms with Crippen LogP contribution in [-0.2, 0) is 10.0 Å². The predicted octanol–water partition coefficient (Wildman–Crippen LogP) is 2.47. The molecule has 0 spiro atoms. The van der Waals surface area contributed by atoms with Crippen LogP contribution in [0.4, 0.5) is 0 Å². The van der Waals surface area contributed by atoms with Gasteiger partial charge >= 0.3 is 5.97 Å². The summed E-state index contributed by atoms with van der Waals surface area (Å²) >= 11 is 5.85. The molecule has 0 aliphatic carbocycles. The molecule has 0 saturated carbocycles. The molecule has 21 heavy (non-hydrogen) atoms. The zero-order valence-electron chi connectivity index (χ0n) is 12.3. The summed E-state index contributed by atoms with van der Waals surface area (Å²) in [5.41, 5.74) is -0.289. The van der Waals surface area contributed by atoms with E-state index in [4.69, 9.17) is 21.4 Å². The maximum Gasteiger partial charge on any atom is 0.339 e. The van der Waals surface area contributed by atoms with Crippen LogP contribution < -0.4 is 4.74 Å². The number of rotatable bonds is 6. The van der Waals surface area contributed by atoms with Crippen LogP contribution in [0.5, 0.6) is 5.75 Å². The SMILES string of the molecule is CCN(C(C)C)S(=O)(=O)c1cc(Cl)cc(C(=O)O)c1OC. The van der Waals surface area contributed by atoms with Gasteiger partial charge in [-0.05, 0) is 26.0 Å². The van der Waals surface area contributed by atoms with E-state index in [1.165, 1.54) is 17.5 Å². The number of hydrogen-bond donors (Lipinski definition) is 1. The molecule has 1 N–H and O–H groups in total. The van der Waals surface area contributed by atoms with Gasteiger partial charge in [-0.15, -0.1) is 0 Å². The topological polar surface area (TPSA) is 83.9 Å². The molecule has 8 heteroatoms. The number of sulfonamides is 1. The van der Waals surface area contributed by atoms with E-state index >= 15 is 0 Å². The maximum atomic E-state index is 12.7. The van der Waals surface area contributed by atoms with Crippen molar-refractivity contribution in [2.45, 2.75) is 31.7 Å². The van der Waals surface area contributed by atoms with Gasteiger partial charge in [-0.1, -0.05) is 18.5 Å². The molecule has 0 heterocycles. The van der Waals surface area contributed by atoms with E-state index in [1.807, 2.05) is 0 Å². The summed E-state index contributed by atoms with van der Waals surface area (Å²) in [4.78, 5) is 11.0. The van der Waals surface area contributed by atoms with Crippen molar-refractivity contribution in [2.75, 3.05) is 13.7 Å². The summed E-state index contributed by atoms with van der Waals surface area (Å²) in [6, 6.07) is 2.08. The fourth-order valence-corrected chi connectivity index (χ4v) is 4.20. The minimum atomic E-state index is -3.91. The van der Waals surface area contributed by atoms with Crippen molar-refractivity contribution in [2.24, 2.45) is 0 Å². The highest BCUT2D eigenvalue weighted by Crippen LogP contribution is 2.34. The number of halogens is 1. The number of ether oxygens (including phenoxy) is 1. The quantitative estimate of drug-likeness (QED) is 0.863. The van der Waals surface area contributed by atoms with E-state index in [9.17, 15) is 13.2 Å². The lowest BCUT2D eigenvalue weighted by atomic mass is 10.2. The van der Waals surface area contributed by atoms with Crippen LogP contribution in [0.25, 0.3) is 0 Å². The van der Waals surface area contributed by atoms with Crippen molar-refractivity contribution in [1.82, 2.24) is 4.31 Å². The normalized spacial score (nSPS) is 12.0. The van der Waals surface area contributed by atoms with Crippen molar-refractivity contribution in [1.29, 1.82) is 0 Å². The molecule has 1 aromatic carbocycles. The molecule has 118 valence electrons. The average Bonchev–Trinajstić information content (AvgIpc) is 2.37. The number of benzene rings is 1. The summed E-state index contributed by atoms with van der Waals surface area (Å²) in [7, 11) is -2.69. The summed E-state index contributed by atoms with van der Waals surface area (Å²) < 4.78 is 31.7. The van der Waals surface area contributed by atoms with E-state index < -0.39 is 16.0 Å². The van der Waals surface area contributed by atoms with Crippen molar-refractivity contribution in [3.05, 3.63) is 22.7 Å². The Balaban J connectivity index is 3.66. The minimum Gasteiger partial charge on any atom is -0.494 e. The molecule has 0 saturated heterocycles.